The third-order valence-electron chi connectivity index (χ3n) is 3.41. The van der Waals surface area contributed by atoms with Gasteiger partial charge < -0.3 is 15.2 Å². The summed E-state index contributed by atoms with van der Waals surface area (Å²) in [5.41, 5.74) is 6.14. The lowest BCUT2D eigenvalue weighted by atomic mass is 9.96. The Bertz CT molecular complexity index is 191. The van der Waals surface area contributed by atoms with Crippen LogP contribution >= 0.6 is 0 Å². The van der Waals surface area contributed by atoms with E-state index in [-0.39, 0.29) is 11.8 Å². The second kappa shape index (κ2) is 8.06. The fourth-order valence-corrected chi connectivity index (χ4v) is 2.50. The highest BCUT2D eigenvalue weighted by molar-refractivity contribution is 4.79. The van der Waals surface area contributed by atoms with E-state index in [0.29, 0.717) is 0 Å². The first kappa shape index (κ1) is 14.9. The van der Waals surface area contributed by atoms with Gasteiger partial charge in [-0.15, -0.1) is 0 Å². The Balaban J connectivity index is 2.45. The zero-order valence-electron chi connectivity index (χ0n) is 11.5. The molecule has 0 aromatic carbocycles. The van der Waals surface area contributed by atoms with Crippen LogP contribution in [0.15, 0.2) is 0 Å². The third kappa shape index (κ3) is 5.36. The summed E-state index contributed by atoms with van der Waals surface area (Å²) in [4.78, 5) is 0. The number of unbranched alkanes of at least 4 members (excludes halogenated alkanes) is 2. The molecule has 3 nitrogen and oxygen atoms in total. The van der Waals surface area contributed by atoms with E-state index in [1.807, 2.05) is 0 Å². The molecule has 0 aliphatic carbocycles. The fourth-order valence-electron chi connectivity index (χ4n) is 2.50. The Labute approximate surface area is 106 Å². The second-order valence-electron chi connectivity index (χ2n) is 5.17. The summed E-state index contributed by atoms with van der Waals surface area (Å²) in [5.74, 6) is -0.373. The van der Waals surface area contributed by atoms with Gasteiger partial charge in [-0.3, -0.25) is 0 Å². The van der Waals surface area contributed by atoms with Crippen LogP contribution in [-0.2, 0) is 9.47 Å². The zero-order valence-corrected chi connectivity index (χ0v) is 11.5. The van der Waals surface area contributed by atoms with Gasteiger partial charge in [0.2, 0.25) is 0 Å². The number of ether oxygens (including phenoxy) is 2. The predicted octanol–water partition coefficient (Wildman–Crippen LogP) is 3.22. The molecule has 1 aliphatic heterocycles. The van der Waals surface area contributed by atoms with Crippen LogP contribution in [0.4, 0.5) is 0 Å². The van der Waals surface area contributed by atoms with Gasteiger partial charge in [-0.2, -0.15) is 0 Å². The Hall–Kier alpha value is -0.120. The molecule has 1 unspecified atom stereocenters. The number of hydrogen-bond acceptors (Lipinski definition) is 3. The van der Waals surface area contributed by atoms with Crippen LogP contribution in [-0.4, -0.2) is 25.0 Å². The molecule has 1 atom stereocenters. The molecular formula is C14H29NO2. The first-order valence-electron chi connectivity index (χ1n) is 7.26. The van der Waals surface area contributed by atoms with E-state index >= 15 is 0 Å². The Morgan fingerprint density at radius 2 is 1.82 bits per heavy atom. The maximum absolute atomic E-state index is 6.14. The molecular weight excluding hydrogens is 214 g/mol. The molecule has 0 saturated carbocycles. The number of hydrogen-bond donors (Lipinski definition) is 1. The van der Waals surface area contributed by atoms with E-state index in [2.05, 4.69) is 13.8 Å². The van der Waals surface area contributed by atoms with Crippen molar-refractivity contribution in [3.63, 3.8) is 0 Å². The highest BCUT2D eigenvalue weighted by atomic mass is 16.7. The summed E-state index contributed by atoms with van der Waals surface area (Å²) >= 11 is 0. The lowest BCUT2D eigenvalue weighted by molar-refractivity contribution is -0.275. The molecule has 3 heteroatoms. The molecule has 0 aromatic heterocycles. The van der Waals surface area contributed by atoms with Gasteiger partial charge in [0.15, 0.2) is 5.79 Å². The van der Waals surface area contributed by atoms with E-state index < -0.39 is 0 Å². The standard InChI is InChI=1S/C14H29NO2/c1-3-5-6-9-14(12-13(15)8-4-2)16-10-7-11-17-14/h13H,3-12,15H2,1-2H3. The van der Waals surface area contributed by atoms with Crippen molar-refractivity contribution in [3.8, 4) is 0 Å². The van der Waals surface area contributed by atoms with Gasteiger partial charge in [-0.05, 0) is 19.3 Å². The van der Waals surface area contributed by atoms with E-state index in [9.17, 15) is 0 Å². The normalized spacial score (nSPS) is 21.4. The first-order chi connectivity index (χ1) is 8.22. The molecule has 0 bridgehead atoms. The monoisotopic (exact) mass is 243 g/mol. The minimum atomic E-state index is -0.373. The lowest BCUT2D eigenvalue weighted by Gasteiger charge is -2.39. The molecule has 2 N–H and O–H groups in total. The van der Waals surface area contributed by atoms with Crippen LogP contribution < -0.4 is 5.73 Å². The topological polar surface area (TPSA) is 44.5 Å². The Morgan fingerprint density at radius 1 is 1.12 bits per heavy atom. The number of nitrogens with two attached hydrogens (primary N) is 1. The minimum Gasteiger partial charge on any atom is -0.350 e. The molecule has 0 spiro atoms. The summed E-state index contributed by atoms with van der Waals surface area (Å²) in [6, 6.07) is 0.208. The van der Waals surface area contributed by atoms with Crippen molar-refractivity contribution in [2.75, 3.05) is 13.2 Å². The molecule has 17 heavy (non-hydrogen) atoms. The summed E-state index contributed by atoms with van der Waals surface area (Å²) in [7, 11) is 0. The van der Waals surface area contributed by atoms with Crippen LogP contribution in [0, 0.1) is 0 Å². The van der Waals surface area contributed by atoms with Crippen LogP contribution in [0.25, 0.3) is 0 Å². The van der Waals surface area contributed by atoms with Gasteiger partial charge in [0.1, 0.15) is 0 Å². The van der Waals surface area contributed by atoms with Crippen LogP contribution in [0.1, 0.15) is 65.2 Å². The highest BCUT2D eigenvalue weighted by Gasteiger charge is 2.35. The smallest absolute Gasteiger partial charge is 0.169 e. The van der Waals surface area contributed by atoms with Crippen molar-refractivity contribution in [2.45, 2.75) is 77.0 Å². The molecule has 1 heterocycles. The predicted molar refractivity (Wildman–Crippen MR) is 70.9 cm³/mol. The van der Waals surface area contributed by atoms with Crippen LogP contribution in [0.2, 0.25) is 0 Å². The average Bonchev–Trinajstić information content (AvgIpc) is 2.30. The zero-order chi connectivity index (χ0) is 12.6. The van der Waals surface area contributed by atoms with E-state index in [0.717, 1.165) is 45.3 Å². The van der Waals surface area contributed by atoms with Crippen molar-refractivity contribution in [1.82, 2.24) is 0 Å². The quantitative estimate of drug-likeness (QED) is 0.666. The molecule has 102 valence electrons. The Kier molecular flexibility index (Phi) is 7.09. The van der Waals surface area contributed by atoms with Crippen molar-refractivity contribution in [3.05, 3.63) is 0 Å². The van der Waals surface area contributed by atoms with Gasteiger partial charge in [0.25, 0.3) is 0 Å². The minimum absolute atomic E-state index is 0.208. The molecule has 0 radical (unpaired) electrons. The van der Waals surface area contributed by atoms with Crippen LogP contribution in [0.3, 0.4) is 0 Å². The molecule has 0 aromatic rings. The fraction of sp³-hybridized carbons (Fsp3) is 1.00. The van der Waals surface area contributed by atoms with Gasteiger partial charge in [-0.1, -0.05) is 33.1 Å². The van der Waals surface area contributed by atoms with Gasteiger partial charge in [-0.25, -0.2) is 0 Å². The molecule has 1 fully saturated rings. The largest absolute Gasteiger partial charge is 0.350 e. The average molecular weight is 243 g/mol. The summed E-state index contributed by atoms with van der Waals surface area (Å²) in [5, 5.41) is 0. The van der Waals surface area contributed by atoms with E-state index in [1.54, 1.807) is 0 Å². The molecule has 1 rings (SSSR count). The maximum atomic E-state index is 6.14. The first-order valence-corrected chi connectivity index (χ1v) is 7.26. The third-order valence-corrected chi connectivity index (χ3v) is 3.41. The molecule has 0 amide bonds. The summed E-state index contributed by atoms with van der Waals surface area (Å²) in [6.07, 6.45) is 8.71. The lowest BCUT2D eigenvalue weighted by Crippen LogP contribution is -2.45. The highest BCUT2D eigenvalue weighted by Crippen LogP contribution is 2.30. The maximum Gasteiger partial charge on any atom is 0.169 e. The van der Waals surface area contributed by atoms with E-state index in [1.165, 1.54) is 19.3 Å². The Morgan fingerprint density at radius 3 is 2.41 bits per heavy atom. The van der Waals surface area contributed by atoms with Crippen molar-refractivity contribution in [1.29, 1.82) is 0 Å². The molecule has 1 saturated heterocycles. The van der Waals surface area contributed by atoms with Gasteiger partial charge in [0, 0.05) is 18.9 Å². The second-order valence-corrected chi connectivity index (χ2v) is 5.17. The number of rotatable bonds is 8. The van der Waals surface area contributed by atoms with E-state index in [4.69, 9.17) is 15.2 Å². The van der Waals surface area contributed by atoms with Crippen LogP contribution in [0.5, 0.6) is 0 Å². The van der Waals surface area contributed by atoms with Gasteiger partial charge in [0.05, 0.1) is 13.2 Å². The van der Waals surface area contributed by atoms with Crippen molar-refractivity contribution < 1.29 is 9.47 Å². The van der Waals surface area contributed by atoms with Crippen molar-refractivity contribution in [2.24, 2.45) is 5.73 Å². The summed E-state index contributed by atoms with van der Waals surface area (Å²) in [6.45, 7) is 6.04. The SMILES string of the molecule is CCCCCC1(CC(N)CCC)OCCCO1. The summed E-state index contributed by atoms with van der Waals surface area (Å²) < 4.78 is 11.9. The molecule has 1 aliphatic rings. The van der Waals surface area contributed by atoms with Crippen molar-refractivity contribution >= 4 is 0 Å². The van der Waals surface area contributed by atoms with Gasteiger partial charge >= 0.3 is 0 Å².